The normalized spacial score (nSPS) is 21.7. The molecule has 1 saturated heterocycles. The summed E-state index contributed by atoms with van der Waals surface area (Å²) >= 11 is 0. The molecule has 1 aliphatic heterocycles. The molecule has 2 heterocycles. The fourth-order valence-electron chi connectivity index (χ4n) is 2.86. The van der Waals surface area contributed by atoms with Crippen molar-refractivity contribution in [1.29, 1.82) is 0 Å². The van der Waals surface area contributed by atoms with Gasteiger partial charge in [0.15, 0.2) is 5.82 Å². The highest BCUT2D eigenvalue weighted by Gasteiger charge is 2.39. The predicted molar refractivity (Wildman–Crippen MR) is 74.7 cm³/mol. The van der Waals surface area contributed by atoms with Crippen molar-refractivity contribution in [2.45, 2.75) is 11.8 Å². The molecular formula is C15H17N3O3. The van der Waals surface area contributed by atoms with Gasteiger partial charge < -0.3 is 14.2 Å². The Morgan fingerprint density at radius 2 is 2.10 bits per heavy atom. The number of hydrogen-bond donors (Lipinski definition) is 0. The summed E-state index contributed by atoms with van der Waals surface area (Å²) < 4.78 is 9.81. The summed E-state index contributed by atoms with van der Waals surface area (Å²) in [4.78, 5) is 18.0. The number of methoxy groups -OCH3 is 1. The molecule has 1 aliphatic rings. The van der Waals surface area contributed by atoms with Crippen LogP contribution >= 0.6 is 0 Å². The Kier molecular flexibility index (Phi) is 3.96. The maximum atomic E-state index is 12.1. The third kappa shape index (κ3) is 2.80. The number of nitrogens with zero attached hydrogens (tertiary/aromatic N) is 3. The molecule has 1 aromatic heterocycles. The van der Waals surface area contributed by atoms with Gasteiger partial charge in [0.1, 0.15) is 6.61 Å². The van der Waals surface area contributed by atoms with Gasteiger partial charge in [-0.05, 0) is 5.56 Å². The summed E-state index contributed by atoms with van der Waals surface area (Å²) in [6.07, 6.45) is 1.33. The molecular weight excluding hydrogens is 270 g/mol. The zero-order valence-electron chi connectivity index (χ0n) is 11.8. The molecule has 0 bridgehead atoms. The van der Waals surface area contributed by atoms with Crippen LogP contribution in [0.25, 0.3) is 0 Å². The van der Waals surface area contributed by atoms with Crippen LogP contribution in [0, 0.1) is 0 Å². The van der Waals surface area contributed by atoms with E-state index in [2.05, 4.69) is 22.3 Å². The zero-order valence-corrected chi connectivity index (χ0v) is 11.8. The van der Waals surface area contributed by atoms with E-state index in [1.54, 1.807) is 0 Å². The van der Waals surface area contributed by atoms with Gasteiger partial charge in [0.25, 0.3) is 0 Å². The lowest BCUT2D eigenvalue weighted by molar-refractivity contribution is -0.134. The van der Waals surface area contributed by atoms with E-state index in [-0.39, 0.29) is 24.3 Å². The molecule has 2 atom stereocenters. The van der Waals surface area contributed by atoms with Crippen LogP contribution in [-0.4, -0.2) is 47.8 Å². The molecule has 0 saturated carbocycles. The van der Waals surface area contributed by atoms with Crippen molar-refractivity contribution in [3.8, 4) is 0 Å². The minimum Gasteiger partial charge on any atom is -0.375 e. The van der Waals surface area contributed by atoms with Gasteiger partial charge in [-0.1, -0.05) is 35.5 Å². The van der Waals surface area contributed by atoms with Crippen molar-refractivity contribution in [1.82, 2.24) is 15.0 Å². The Morgan fingerprint density at radius 3 is 2.76 bits per heavy atom. The molecule has 2 aromatic rings. The molecule has 0 unspecified atom stereocenters. The Labute approximate surface area is 122 Å². The van der Waals surface area contributed by atoms with E-state index in [0.717, 1.165) is 0 Å². The van der Waals surface area contributed by atoms with Gasteiger partial charge in [0.2, 0.25) is 12.3 Å². The molecule has 21 heavy (non-hydrogen) atoms. The van der Waals surface area contributed by atoms with E-state index in [9.17, 15) is 4.79 Å². The second kappa shape index (κ2) is 6.05. The summed E-state index contributed by atoms with van der Waals surface area (Å²) in [5.41, 5.74) is 1.18. The number of likely N-dealkylation sites (tertiary alicyclic amines) is 1. The van der Waals surface area contributed by atoms with E-state index < -0.39 is 0 Å². The second-order valence-electron chi connectivity index (χ2n) is 5.14. The van der Waals surface area contributed by atoms with E-state index in [1.807, 2.05) is 23.1 Å². The van der Waals surface area contributed by atoms with Gasteiger partial charge in [0.05, 0.1) is 0 Å². The van der Waals surface area contributed by atoms with Gasteiger partial charge in [0, 0.05) is 32.0 Å². The highest BCUT2D eigenvalue weighted by Crippen LogP contribution is 2.38. The highest BCUT2D eigenvalue weighted by molar-refractivity contribution is 5.78. The fourth-order valence-corrected chi connectivity index (χ4v) is 2.86. The molecule has 0 aliphatic carbocycles. The predicted octanol–water partition coefficient (Wildman–Crippen LogP) is 1.43. The SMILES string of the molecule is COCC(=O)N1C[C@H](c2ncon2)[C@H](c2ccccc2)C1. The van der Waals surface area contributed by atoms with Gasteiger partial charge in [-0.2, -0.15) is 4.98 Å². The van der Waals surface area contributed by atoms with Gasteiger partial charge in [-0.3, -0.25) is 4.79 Å². The lowest BCUT2D eigenvalue weighted by atomic mass is 9.88. The van der Waals surface area contributed by atoms with Crippen molar-refractivity contribution in [3.05, 3.63) is 48.1 Å². The van der Waals surface area contributed by atoms with Crippen molar-refractivity contribution in [2.75, 3.05) is 26.8 Å². The summed E-state index contributed by atoms with van der Waals surface area (Å²) in [6.45, 7) is 1.33. The number of amides is 1. The van der Waals surface area contributed by atoms with Crippen LogP contribution in [0.5, 0.6) is 0 Å². The monoisotopic (exact) mass is 287 g/mol. The van der Waals surface area contributed by atoms with Crippen LogP contribution in [0.2, 0.25) is 0 Å². The van der Waals surface area contributed by atoms with Crippen molar-refractivity contribution < 1.29 is 14.1 Å². The van der Waals surface area contributed by atoms with Gasteiger partial charge in [-0.25, -0.2) is 0 Å². The van der Waals surface area contributed by atoms with E-state index in [0.29, 0.717) is 18.9 Å². The van der Waals surface area contributed by atoms with Crippen LogP contribution in [-0.2, 0) is 9.53 Å². The first-order chi connectivity index (χ1) is 10.3. The zero-order chi connectivity index (χ0) is 14.7. The molecule has 110 valence electrons. The maximum absolute atomic E-state index is 12.1. The first-order valence-electron chi connectivity index (χ1n) is 6.87. The van der Waals surface area contributed by atoms with E-state index in [4.69, 9.17) is 9.26 Å². The molecule has 6 nitrogen and oxygen atoms in total. The molecule has 1 fully saturated rings. The Hall–Kier alpha value is -2.21. The number of carbonyl (C=O) groups is 1. The molecule has 6 heteroatoms. The average molecular weight is 287 g/mol. The number of ether oxygens (including phenoxy) is 1. The molecule has 1 amide bonds. The summed E-state index contributed by atoms with van der Waals surface area (Å²) in [5.74, 6) is 0.859. The molecule has 0 radical (unpaired) electrons. The van der Waals surface area contributed by atoms with Crippen molar-refractivity contribution >= 4 is 5.91 Å². The number of benzene rings is 1. The Morgan fingerprint density at radius 1 is 1.33 bits per heavy atom. The first-order valence-corrected chi connectivity index (χ1v) is 6.87. The van der Waals surface area contributed by atoms with E-state index >= 15 is 0 Å². The van der Waals surface area contributed by atoms with Crippen molar-refractivity contribution in [2.24, 2.45) is 0 Å². The highest BCUT2D eigenvalue weighted by atomic mass is 16.5. The Balaban J connectivity index is 1.86. The average Bonchev–Trinajstić information content (AvgIpc) is 3.17. The fraction of sp³-hybridized carbons (Fsp3) is 0.400. The summed E-state index contributed by atoms with van der Waals surface area (Å²) in [5, 5.41) is 3.96. The number of aromatic nitrogens is 2. The third-order valence-corrected chi connectivity index (χ3v) is 3.88. The lowest BCUT2D eigenvalue weighted by Crippen LogP contribution is -2.31. The number of hydrogen-bond acceptors (Lipinski definition) is 5. The second-order valence-corrected chi connectivity index (χ2v) is 5.14. The lowest BCUT2D eigenvalue weighted by Gasteiger charge is -2.16. The molecule has 0 spiro atoms. The third-order valence-electron chi connectivity index (χ3n) is 3.88. The van der Waals surface area contributed by atoms with Crippen LogP contribution in [0.1, 0.15) is 23.2 Å². The first kappa shape index (κ1) is 13.8. The minimum atomic E-state index is -0.00979. The van der Waals surface area contributed by atoms with Crippen LogP contribution in [0.4, 0.5) is 0 Å². The topological polar surface area (TPSA) is 68.5 Å². The molecule has 3 rings (SSSR count). The van der Waals surface area contributed by atoms with Gasteiger partial charge in [-0.15, -0.1) is 0 Å². The van der Waals surface area contributed by atoms with Gasteiger partial charge >= 0.3 is 0 Å². The summed E-state index contributed by atoms with van der Waals surface area (Å²) in [7, 11) is 1.53. The minimum absolute atomic E-state index is 0.00979. The standard InChI is InChI=1S/C15H17N3O3/c1-20-9-14(19)18-7-12(11-5-3-2-4-6-11)13(8-18)15-16-10-21-17-15/h2-6,10,12-13H,7-9H2,1H3/t12-,13-/m0/s1. The van der Waals surface area contributed by atoms with Crippen LogP contribution in [0.3, 0.4) is 0 Å². The largest absolute Gasteiger partial charge is 0.375 e. The molecule has 0 N–H and O–H groups in total. The van der Waals surface area contributed by atoms with Crippen LogP contribution in [0.15, 0.2) is 41.2 Å². The Bertz CT molecular complexity index is 585. The summed E-state index contributed by atoms with van der Waals surface area (Å²) in [6, 6.07) is 10.1. The number of rotatable bonds is 4. The van der Waals surface area contributed by atoms with Crippen molar-refractivity contribution in [3.63, 3.8) is 0 Å². The smallest absolute Gasteiger partial charge is 0.248 e. The quantitative estimate of drug-likeness (QED) is 0.851. The molecule has 1 aromatic carbocycles. The van der Waals surface area contributed by atoms with E-state index in [1.165, 1.54) is 19.1 Å². The van der Waals surface area contributed by atoms with Crippen LogP contribution < -0.4 is 0 Å². The number of carbonyl (C=O) groups excluding carboxylic acids is 1. The maximum Gasteiger partial charge on any atom is 0.248 e.